The molecule has 0 saturated heterocycles. The third-order valence-electron chi connectivity index (χ3n) is 2.67. The molecule has 102 valence electrons. The second kappa shape index (κ2) is 10.4. The van der Waals surface area contributed by atoms with Crippen molar-refractivity contribution >= 4 is 29.1 Å². The van der Waals surface area contributed by atoms with Crippen LogP contribution in [0.2, 0.25) is 0 Å². The van der Waals surface area contributed by atoms with E-state index < -0.39 is 0 Å². The molecule has 0 saturated carbocycles. The lowest BCUT2D eigenvalue weighted by molar-refractivity contribution is 0.0580. The van der Waals surface area contributed by atoms with E-state index in [4.69, 9.17) is 4.74 Å². The molecule has 0 spiro atoms. The largest absolute Gasteiger partial charge is 0.451 e. The molecule has 2 nitrogen and oxygen atoms in total. The zero-order chi connectivity index (χ0) is 13.1. The molecule has 1 aromatic heterocycles. The van der Waals surface area contributed by atoms with Gasteiger partial charge in [-0.25, -0.2) is 4.79 Å². The van der Waals surface area contributed by atoms with E-state index in [1.54, 1.807) is 17.8 Å². The predicted octanol–water partition coefficient (Wildman–Crippen LogP) is 4.96. The molecule has 4 heteroatoms. The quantitative estimate of drug-likeness (QED) is 0.345. The number of unbranched alkanes of at least 4 members (excludes halogenated alkanes) is 5. The first-order chi connectivity index (χ1) is 8.84. The fourth-order valence-electron chi connectivity index (χ4n) is 1.60. The minimum absolute atomic E-state index is 0.202. The molecule has 0 atom stereocenters. The van der Waals surface area contributed by atoms with Gasteiger partial charge in [0.05, 0.1) is 5.56 Å². The summed E-state index contributed by atoms with van der Waals surface area (Å²) in [6.07, 6.45) is 7.87. The Hall–Kier alpha value is -0.480. The maximum absolute atomic E-state index is 11.5. The Morgan fingerprint density at radius 2 is 2.06 bits per heavy atom. The molecule has 0 bridgehead atoms. The third-order valence-corrected chi connectivity index (χ3v) is 4.22. The van der Waals surface area contributed by atoms with Crippen LogP contribution in [0.25, 0.3) is 0 Å². The van der Waals surface area contributed by atoms with Crippen LogP contribution >= 0.6 is 23.1 Å². The molecular weight excluding hydrogens is 264 g/mol. The highest BCUT2D eigenvalue weighted by molar-refractivity contribution is 7.99. The average Bonchev–Trinajstić information content (AvgIpc) is 2.90. The van der Waals surface area contributed by atoms with Crippen LogP contribution in [-0.2, 0) is 4.74 Å². The highest BCUT2D eigenvalue weighted by Gasteiger charge is 2.06. The van der Waals surface area contributed by atoms with Crippen molar-refractivity contribution in [3.63, 3.8) is 0 Å². The van der Waals surface area contributed by atoms with Crippen molar-refractivity contribution in [2.45, 2.75) is 45.4 Å². The van der Waals surface area contributed by atoms with Gasteiger partial charge < -0.3 is 4.74 Å². The van der Waals surface area contributed by atoms with Crippen LogP contribution in [0, 0.1) is 0 Å². The number of rotatable bonds is 10. The maximum Gasteiger partial charge on any atom is 0.339 e. The first kappa shape index (κ1) is 15.6. The molecule has 18 heavy (non-hydrogen) atoms. The Morgan fingerprint density at radius 1 is 1.28 bits per heavy atom. The standard InChI is InChI=1S/C14H22O2S2/c1-2-3-4-5-6-7-9-18-12-16-14(15)13-8-10-17-11-13/h8,10-11H,2-7,9,12H2,1H3. The lowest BCUT2D eigenvalue weighted by Crippen LogP contribution is -2.03. The van der Waals surface area contributed by atoms with Crippen LogP contribution in [0.1, 0.15) is 55.8 Å². The summed E-state index contributed by atoms with van der Waals surface area (Å²) in [7, 11) is 0. The van der Waals surface area contributed by atoms with Gasteiger partial charge in [-0.05, 0) is 23.6 Å². The molecule has 0 unspecified atom stereocenters. The third kappa shape index (κ3) is 7.07. The topological polar surface area (TPSA) is 26.3 Å². The number of carbonyl (C=O) groups is 1. The summed E-state index contributed by atoms with van der Waals surface area (Å²) in [6, 6.07) is 1.80. The Balaban J connectivity index is 1.88. The predicted molar refractivity (Wildman–Crippen MR) is 80.4 cm³/mol. The van der Waals surface area contributed by atoms with Gasteiger partial charge >= 0.3 is 5.97 Å². The van der Waals surface area contributed by atoms with Crippen molar-refractivity contribution < 1.29 is 9.53 Å². The van der Waals surface area contributed by atoms with Crippen molar-refractivity contribution in [1.82, 2.24) is 0 Å². The van der Waals surface area contributed by atoms with E-state index >= 15 is 0 Å². The summed E-state index contributed by atoms with van der Waals surface area (Å²) >= 11 is 3.22. The Bertz CT molecular complexity index is 310. The van der Waals surface area contributed by atoms with Gasteiger partial charge in [-0.15, -0.1) is 11.8 Å². The zero-order valence-corrected chi connectivity index (χ0v) is 12.7. The highest BCUT2D eigenvalue weighted by Crippen LogP contribution is 2.12. The number of esters is 1. The summed E-state index contributed by atoms with van der Waals surface area (Å²) in [4.78, 5) is 11.5. The molecular formula is C14H22O2S2. The van der Waals surface area contributed by atoms with Crippen molar-refractivity contribution in [2.24, 2.45) is 0 Å². The van der Waals surface area contributed by atoms with E-state index in [0.717, 1.165) is 5.75 Å². The van der Waals surface area contributed by atoms with E-state index in [1.165, 1.54) is 49.9 Å². The van der Waals surface area contributed by atoms with Crippen molar-refractivity contribution in [2.75, 3.05) is 11.7 Å². The van der Waals surface area contributed by atoms with Gasteiger partial charge in [-0.3, -0.25) is 0 Å². The Kier molecular flexibility index (Phi) is 9.04. The normalized spacial score (nSPS) is 10.5. The van der Waals surface area contributed by atoms with Crippen LogP contribution in [0.3, 0.4) is 0 Å². The van der Waals surface area contributed by atoms with Gasteiger partial charge in [-0.1, -0.05) is 39.0 Å². The molecule has 0 N–H and O–H groups in total. The molecule has 1 rings (SSSR count). The minimum Gasteiger partial charge on any atom is -0.451 e. The Labute approximate surface area is 118 Å². The SMILES string of the molecule is CCCCCCCCSCOC(=O)c1ccsc1. The summed E-state index contributed by atoms with van der Waals surface area (Å²) in [5.74, 6) is 1.36. The molecule has 0 aliphatic heterocycles. The number of thiophene rings is 1. The second-order valence-electron chi connectivity index (χ2n) is 4.24. The van der Waals surface area contributed by atoms with E-state index in [2.05, 4.69) is 6.92 Å². The fraction of sp³-hybridized carbons (Fsp3) is 0.643. The van der Waals surface area contributed by atoms with Crippen LogP contribution in [0.5, 0.6) is 0 Å². The first-order valence-electron chi connectivity index (χ1n) is 6.61. The minimum atomic E-state index is -0.202. The van der Waals surface area contributed by atoms with E-state index in [9.17, 15) is 4.79 Å². The molecule has 0 fully saturated rings. The molecule has 1 heterocycles. The van der Waals surface area contributed by atoms with E-state index in [0.29, 0.717) is 11.5 Å². The van der Waals surface area contributed by atoms with Gasteiger partial charge in [-0.2, -0.15) is 11.3 Å². The number of ether oxygens (including phenoxy) is 1. The summed E-state index contributed by atoms with van der Waals surface area (Å²) < 4.78 is 5.16. The maximum atomic E-state index is 11.5. The van der Waals surface area contributed by atoms with E-state index in [-0.39, 0.29) is 5.97 Å². The lowest BCUT2D eigenvalue weighted by atomic mass is 10.1. The first-order valence-corrected chi connectivity index (χ1v) is 8.71. The number of carbonyl (C=O) groups excluding carboxylic acids is 1. The van der Waals surface area contributed by atoms with Crippen LogP contribution in [0.4, 0.5) is 0 Å². The summed E-state index contributed by atoms with van der Waals surface area (Å²) in [6.45, 7) is 2.23. The van der Waals surface area contributed by atoms with Crippen molar-refractivity contribution in [3.05, 3.63) is 22.4 Å². The smallest absolute Gasteiger partial charge is 0.339 e. The van der Waals surface area contributed by atoms with Gasteiger partial charge in [0.2, 0.25) is 0 Å². The monoisotopic (exact) mass is 286 g/mol. The molecule has 0 aliphatic carbocycles. The molecule has 0 aliphatic rings. The van der Waals surface area contributed by atoms with Crippen LogP contribution in [-0.4, -0.2) is 17.7 Å². The second-order valence-corrected chi connectivity index (χ2v) is 6.07. The fourth-order valence-corrected chi connectivity index (χ4v) is 2.94. The zero-order valence-electron chi connectivity index (χ0n) is 11.0. The van der Waals surface area contributed by atoms with Gasteiger partial charge in [0.25, 0.3) is 0 Å². The molecule has 0 radical (unpaired) electrons. The van der Waals surface area contributed by atoms with Crippen molar-refractivity contribution in [1.29, 1.82) is 0 Å². The molecule has 1 aromatic rings. The van der Waals surface area contributed by atoms with Crippen LogP contribution < -0.4 is 0 Å². The van der Waals surface area contributed by atoms with E-state index in [1.807, 2.05) is 10.8 Å². The molecule has 0 amide bonds. The molecule has 0 aromatic carbocycles. The van der Waals surface area contributed by atoms with Gasteiger partial charge in [0.15, 0.2) is 0 Å². The lowest BCUT2D eigenvalue weighted by Gasteiger charge is -2.03. The van der Waals surface area contributed by atoms with Crippen molar-refractivity contribution in [3.8, 4) is 0 Å². The average molecular weight is 286 g/mol. The summed E-state index contributed by atoms with van der Waals surface area (Å²) in [5, 5.41) is 3.71. The Morgan fingerprint density at radius 3 is 2.78 bits per heavy atom. The number of thioether (sulfide) groups is 1. The number of hydrogen-bond donors (Lipinski definition) is 0. The highest BCUT2D eigenvalue weighted by atomic mass is 32.2. The summed E-state index contributed by atoms with van der Waals surface area (Å²) in [5.41, 5.74) is 0.667. The number of hydrogen-bond acceptors (Lipinski definition) is 4. The van der Waals surface area contributed by atoms with Crippen LogP contribution in [0.15, 0.2) is 16.8 Å². The van der Waals surface area contributed by atoms with Gasteiger partial charge in [0.1, 0.15) is 5.94 Å². The van der Waals surface area contributed by atoms with Gasteiger partial charge in [0, 0.05) is 5.38 Å².